The molecule has 0 bridgehead atoms. The van der Waals surface area contributed by atoms with Crippen molar-refractivity contribution >= 4 is 23.4 Å². The van der Waals surface area contributed by atoms with Gasteiger partial charge in [-0.15, -0.1) is 0 Å². The van der Waals surface area contributed by atoms with E-state index < -0.39 is 0 Å². The number of carbonyl (C=O) groups is 1. The topological polar surface area (TPSA) is 107 Å². The Kier molecular flexibility index (Phi) is 4.97. The van der Waals surface area contributed by atoms with E-state index in [1.165, 1.54) is 0 Å². The summed E-state index contributed by atoms with van der Waals surface area (Å²) in [6, 6.07) is 4.06. The molecule has 138 valence electrons. The summed E-state index contributed by atoms with van der Waals surface area (Å²) in [5.41, 5.74) is 15.5. The third-order valence-corrected chi connectivity index (χ3v) is 4.72. The van der Waals surface area contributed by atoms with Crippen molar-refractivity contribution < 1.29 is 9.53 Å². The SMILES string of the molecule is COc1cc(C(C)C)c(Cc2cnc(N)nc2N)cc1N1CCCC1=O. The number of nitrogen functional groups attached to an aromatic ring is 2. The van der Waals surface area contributed by atoms with Gasteiger partial charge in [-0.25, -0.2) is 4.98 Å². The van der Waals surface area contributed by atoms with Crippen LogP contribution in [0.25, 0.3) is 0 Å². The average molecular weight is 355 g/mol. The number of anilines is 3. The molecule has 1 fully saturated rings. The highest BCUT2D eigenvalue weighted by Gasteiger charge is 2.26. The predicted octanol–water partition coefficient (Wildman–Crippen LogP) is 2.49. The zero-order chi connectivity index (χ0) is 18.8. The van der Waals surface area contributed by atoms with Crippen molar-refractivity contribution in [1.82, 2.24) is 9.97 Å². The Morgan fingerprint density at radius 2 is 2.04 bits per heavy atom. The second-order valence-corrected chi connectivity index (χ2v) is 6.84. The molecule has 1 saturated heterocycles. The lowest BCUT2D eigenvalue weighted by molar-refractivity contribution is -0.117. The van der Waals surface area contributed by atoms with E-state index in [0.717, 1.165) is 28.8 Å². The lowest BCUT2D eigenvalue weighted by Gasteiger charge is -2.23. The number of nitrogens with zero attached hydrogens (tertiary/aromatic N) is 3. The molecule has 2 heterocycles. The summed E-state index contributed by atoms with van der Waals surface area (Å²) in [6.07, 6.45) is 3.66. The average Bonchev–Trinajstić information content (AvgIpc) is 3.02. The normalized spacial score (nSPS) is 14.3. The van der Waals surface area contributed by atoms with Gasteiger partial charge in [0.05, 0.1) is 12.8 Å². The summed E-state index contributed by atoms with van der Waals surface area (Å²) < 4.78 is 5.58. The van der Waals surface area contributed by atoms with Crippen LogP contribution < -0.4 is 21.1 Å². The molecular formula is C19H25N5O2. The highest BCUT2D eigenvalue weighted by Crippen LogP contribution is 2.37. The zero-order valence-corrected chi connectivity index (χ0v) is 15.5. The fourth-order valence-corrected chi connectivity index (χ4v) is 3.37. The first-order chi connectivity index (χ1) is 12.4. The zero-order valence-electron chi connectivity index (χ0n) is 15.5. The van der Waals surface area contributed by atoms with Crippen LogP contribution in [0, 0.1) is 0 Å². The van der Waals surface area contributed by atoms with E-state index in [0.29, 0.717) is 31.0 Å². The number of benzene rings is 1. The minimum Gasteiger partial charge on any atom is -0.495 e. The molecule has 26 heavy (non-hydrogen) atoms. The minimum absolute atomic E-state index is 0.127. The Hall–Kier alpha value is -2.83. The third kappa shape index (κ3) is 3.42. The first-order valence-corrected chi connectivity index (χ1v) is 8.78. The number of ether oxygens (including phenoxy) is 1. The van der Waals surface area contributed by atoms with Crippen molar-refractivity contribution in [3.05, 3.63) is 35.0 Å². The van der Waals surface area contributed by atoms with Gasteiger partial charge < -0.3 is 21.1 Å². The van der Waals surface area contributed by atoms with Crippen molar-refractivity contribution in [2.24, 2.45) is 0 Å². The Morgan fingerprint density at radius 1 is 1.27 bits per heavy atom. The number of nitrogens with two attached hydrogens (primary N) is 2. The van der Waals surface area contributed by atoms with Gasteiger partial charge in [-0.2, -0.15) is 4.98 Å². The van der Waals surface area contributed by atoms with Crippen LogP contribution in [0.1, 0.15) is 49.3 Å². The van der Waals surface area contributed by atoms with E-state index in [-0.39, 0.29) is 17.8 Å². The number of amides is 1. The maximum absolute atomic E-state index is 12.2. The Balaban J connectivity index is 2.08. The molecule has 1 aliphatic rings. The fraction of sp³-hybridized carbons (Fsp3) is 0.421. The number of hydrogen-bond acceptors (Lipinski definition) is 6. The monoisotopic (exact) mass is 355 g/mol. The molecule has 7 nitrogen and oxygen atoms in total. The Morgan fingerprint density at radius 3 is 2.62 bits per heavy atom. The summed E-state index contributed by atoms with van der Waals surface area (Å²) in [7, 11) is 1.63. The lowest BCUT2D eigenvalue weighted by atomic mass is 9.92. The molecular weight excluding hydrogens is 330 g/mol. The highest BCUT2D eigenvalue weighted by atomic mass is 16.5. The van der Waals surface area contributed by atoms with Crippen LogP contribution in [0.4, 0.5) is 17.5 Å². The first-order valence-electron chi connectivity index (χ1n) is 8.78. The first kappa shape index (κ1) is 18.0. The van der Waals surface area contributed by atoms with Crippen LogP contribution in [0.2, 0.25) is 0 Å². The number of hydrogen-bond donors (Lipinski definition) is 2. The number of carbonyl (C=O) groups excluding carboxylic acids is 1. The third-order valence-electron chi connectivity index (χ3n) is 4.72. The maximum Gasteiger partial charge on any atom is 0.227 e. The summed E-state index contributed by atoms with van der Waals surface area (Å²) in [5, 5.41) is 0. The van der Waals surface area contributed by atoms with Gasteiger partial charge in [0.1, 0.15) is 11.6 Å². The predicted molar refractivity (Wildman–Crippen MR) is 102 cm³/mol. The summed E-state index contributed by atoms with van der Waals surface area (Å²) >= 11 is 0. The van der Waals surface area contributed by atoms with Gasteiger partial charge in [0.25, 0.3) is 0 Å². The molecule has 1 aromatic carbocycles. The van der Waals surface area contributed by atoms with Crippen LogP contribution >= 0.6 is 0 Å². The van der Waals surface area contributed by atoms with Crippen molar-refractivity contribution in [1.29, 1.82) is 0 Å². The van der Waals surface area contributed by atoms with Crippen molar-refractivity contribution in [2.75, 3.05) is 30.0 Å². The van der Waals surface area contributed by atoms with Gasteiger partial charge >= 0.3 is 0 Å². The van der Waals surface area contributed by atoms with E-state index in [1.807, 2.05) is 12.1 Å². The van der Waals surface area contributed by atoms with Crippen molar-refractivity contribution in [2.45, 2.75) is 39.0 Å². The molecule has 4 N–H and O–H groups in total. The van der Waals surface area contributed by atoms with Crippen LogP contribution in [0.5, 0.6) is 5.75 Å². The largest absolute Gasteiger partial charge is 0.495 e. The van der Waals surface area contributed by atoms with E-state index in [4.69, 9.17) is 16.2 Å². The molecule has 0 aliphatic carbocycles. The maximum atomic E-state index is 12.2. The smallest absolute Gasteiger partial charge is 0.227 e. The van der Waals surface area contributed by atoms with E-state index >= 15 is 0 Å². The van der Waals surface area contributed by atoms with Crippen molar-refractivity contribution in [3.63, 3.8) is 0 Å². The van der Waals surface area contributed by atoms with Gasteiger partial charge in [0, 0.05) is 31.1 Å². The second-order valence-electron chi connectivity index (χ2n) is 6.84. The van der Waals surface area contributed by atoms with Crippen LogP contribution in [-0.2, 0) is 11.2 Å². The summed E-state index contributed by atoms with van der Waals surface area (Å²) in [6.45, 7) is 4.96. The van der Waals surface area contributed by atoms with Gasteiger partial charge in [-0.1, -0.05) is 13.8 Å². The van der Waals surface area contributed by atoms with Crippen LogP contribution in [0.15, 0.2) is 18.3 Å². The molecule has 3 rings (SSSR count). The molecule has 1 amide bonds. The molecule has 1 aliphatic heterocycles. The second kappa shape index (κ2) is 7.19. The van der Waals surface area contributed by atoms with E-state index in [9.17, 15) is 4.79 Å². The molecule has 0 saturated carbocycles. The lowest BCUT2D eigenvalue weighted by Crippen LogP contribution is -2.24. The summed E-state index contributed by atoms with van der Waals surface area (Å²) in [4.78, 5) is 22.1. The van der Waals surface area contributed by atoms with Gasteiger partial charge in [0.2, 0.25) is 11.9 Å². The molecule has 0 atom stereocenters. The van der Waals surface area contributed by atoms with Crippen LogP contribution in [0.3, 0.4) is 0 Å². The highest BCUT2D eigenvalue weighted by molar-refractivity contribution is 5.97. The number of methoxy groups -OCH3 is 1. The van der Waals surface area contributed by atoms with Gasteiger partial charge in [-0.05, 0) is 35.6 Å². The molecule has 0 unspecified atom stereocenters. The van der Waals surface area contributed by atoms with E-state index in [2.05, 4.69) is 23.8 Å². The van der Waals surface area contributed by atoms with Crippen molar-refractivity contribution in [3.8, 4) is 5.75 Å². The van der Waals surface area contributed by atoms with Crippen LogP contribution in [-0.4, -0.2) is 29.5 Å². The Bertz CT molecular complexity index is 835. The Labute approximate surface area is 153 Å². The molecule has 7 heteroatoms. The molecule has 2 aromatic rings. The molecule has 0 spiro atoms. The molecule has 0 radical (unpaired) electrons. The quantitative estimate of drug-likeness (QED) is 0.853. The van der Waals surface area contributed by atoms with E-state index in [1.54, 1.807) is 18.2 Å². The fourth-order valence-electron chi connectivity index (χ4n) is 3.37. The number of rotatable bonds is 5. The minimum atomic E-state index is 0.127. The van der Waals surface area contributed by atoms with Gasteiger partial charge in [0.15, 0.2) is 0 Å². The van der Waals surface area contributed by atoms with Gasteiger partial charge in [-0.3, -0.25) is 4.79 Å². The molecule has 1 aromatic heterocycles. The summed E-state index contributed by atoms with van der Waals surface area (Å²) in [5.74, 6) is 1.67. The standard InChI is InChI=1S/C19H25N5O2/c1-11(2)14-9-16(26-3)15(24-6-4-5-17(24)25)8-12(14)7-13-10-22-19(21)23-18(13)20/h8-11H,4-7H2,1-3H3,(H4,20,21,22,23). The number of aromatic nitrogens is 2.